The molecule has 0 radical (unpaired) electrons. The third-order valence-electron chi connectivity index (χ3n) is 3.63. The minimum absolute atomic E-state index is 0.213. The lowest BCUT2D eigenvalue weighted by atomic mass is 9.79. The lowest BCUT2D eigenvalue weighted by Crippen LogP contribution is -2.48. The Hall–Kier alpha value is -0.940. The monoisotopic (exact) mass is 239 g/mol. The van der Waals surface area contributed by atoms with Crippen LogP contribution in [0.25, 0.3) is 0 Å². The standard InChI is InChI=1S/C12H21N3O2/c1-4-11(2)9-12(16,5-6-17-11)7-10-8-15(3)14-13-10/h8,16H,4-7,9H2,1-3H3. The molecule has 1 aromatic heterocycles. The Bertz CT molecular complexity index is 393. The molecule has 1 aromatic rings. The third-order valence-corrected chi connectivity index (χ3v) is 3.63. The second-order valence-electron chi connectivity index (χ2n) is 5.36. The number of aryl methyl sites for hydroxylation is 1. The molecule has 0 spiro atoms. The van der Waals surface area contributed by atoms with Crippen LogP contribution in [0.3, 0.4) is 0 Å². The molecule has 0 aliphatic carbocycles. The predicted molar refractivity (Wildman–Crippen MR) is 63.5 cm³/mol. The smallest absolute Gasteiger partial charge is 0.0855 e. The van der Waals surface area contributed by atoms with E-state index in [9.17, 15) is 5.11 Å². The number of ether oxygens (including phenoxy) is 1. The molecule has 1 aliphatic rings. The second-order valence-corrected chi connectivity index (χ2v) is 5.36. The molecule has 0 bridgehead atoms. The molecule has 2 heterocycles. The van der Waals surface area contributed by atoms with Gasteiger partial charge >= 0.3 is 0 Å². The van der Waals surface area contributed by atoms with E-state index < -0.39 is 5.60 Å². The Morgan fingerprint density at radius 3 is 2.94 bits per heavy atom. The van der Waals surface area contributed by atoms with Crippen LogP contribution in [0.15, 0.2) is 6.20 Å². The van der Waals surface area contributed by atoms with Crippen LogP contribution in [0.2, 0.25) is 0 Å². The van der Waals surface area contributed by atoms with Crippen molar-refractivity contribution < 1.29 is 9.84 Å². The molecule has 2 unspecified atom stereocenters. The van der Waals surface area contributed by atoms with Crippen LogP contribution < -0.4 is 0 Å². The largest absolute Gasteiger partial charge is 0.389 e. The fraction of sp³-hybridized carbons (Fsp3) is 0.833. The highest BCUT2D eigenvalue weighted by atomic mass is 16.5. The van der Waals surface area contributed by atoms with Gasteiger partial charge in [-0.2, -0.15) is 0 Å². The van der Waals surface area contributed by atoms with Crippen molar-refractivity contribution in [2.45, 2.75) is 50.7 Å². The Morgan fingerprint density at radius 1 is 1.59 bits per heavy atom. The summed E-state index contributed by atoms with van der Waals surface area (Å²) < 4.78 is 7.42. The Labute approximate surface area is 102 Å². The van der Waals surface area contributed by atoms with E-state index in [1.807, 2.05) is 13.2 Å². The van der Waals surface area contributed by atoms with Gasteiger partial charge in [0.05, 0.1) is 23.5 Å². The molecule has 17 heavy (non-hydrogen) atoms. The molecule has 5 heteroatoms. The number of aliphatic hydroxyl groups is 1. The second kappa shape index (κ2) is 4.38. The van der Waals surface area contributed by atoms with Gasteiger partial charge in [0.25, 0.3) is 0 Å². The van der Waals surface area contributed by atoms with E-state index in [1.165, 1.54) is 0 Å². The molecular weight excluding hydrogens is 218 g/mol. The van der Waals surface area contributed by atoms with Crippen LogP contribution in [0.1, 0.15) is 38.8 Å². The van der Waals surface area contributed by atoms with E-state index >= 15 is 0 Å². The van der Waals surface area contributed by atoms with Crippen molar-refractivity contribution in [1.82, 2.24) is 15.0 Å². The molecule has 2 rings (SSSR count). The Balaban J connectivity index is 2.08. The Kier molecular flexibility index (Phi) is 3.23. The summed E-state index contributed by atoms with van der Waals surface area (Å²) in [5, 5.41) is 18.6. The van der Waals surface area contributed by atoms with Gasteiger partial charge in [-0.05, 0) is 13.3 Å². The van der Waals surface area contributed by atoms with Crippen LogP contribution in [0, 0.1) is 0 Å². The first kappa shape index (κ1) is 12.5. The van der Waals surface area contributed by atoms with Gasteiger partial charge in [0.15, 0.2) is 0 Å². The van der Waals surface area contributed by atoms with Crippen molar-refractivity contribution in [3.8, 4) is 0 Å². The van der Waals surface area contributed by atoms with Gasteiger partial charge in [0, 0.05) is 32.5 Å². The summed E-state index contributed by atoms with van der Waals surface area (Å²) >= 11 is 0. The van der Waals surface area contributed by atoms with E-state index in [1.54, 1.807) is 4.68 Å². The molecule has 5 nitrogen and oxygen atoms in total. The maximum Gasteiger partial charge on any atom is 0.0855 e. The first-order chi connectivity index (χ1) is 7.95. The minimum Gasteiger partial charge on any atom is -0.389 e. The number of rotatable bonds is 3. The lowest BCUT2D eigenvalue weighted by molar-refractivity contribution is -0.153. The number of aromatic nitrogens is 3. The summed E-state index contributed by atoms with van der Waals surface area (Å²) in [4.78, 5) is 0. The van der Waals surface area contributed by atoms with Crippen molar-refractivity contribution in [2.75, 3.05) is 6.61 Å². The van der Waals surface area contributed by atoms with Crippen LogP contribution in [0.4, 0.5) is 0 Å². The Morgan fingerprint density at radius 2 is 2.35 bits per heavy atom. The molecule has 0 amide bonds. The highest BCUT2D eigenvalue weighted by molar-refractivity contribution is 5.03. The lowest BCUT2D eigenvalue weighted by Gasteiger charge is -2.42. The summed E-state index contributed by atoms with van der Waals surface area (Å²) in [7, 11) is 1.83. The zero-order valence-electron chi connectivity index (χ0n) is 10.8. The fourth-order valence-electron chi connectivity index (χ4n) is 2.51. The average molecular weight is 239 g/mol. The van der Waals surface area contributed by atoms with Crippen molar-refractivity contribution in [1.29, 1.82) is 0 Å². The van der Waals surface area contributed by atoms with E-state index in [2.05, 4.69) is 24.2 Å². The molecule has 0 saturated carbocycles. The molecule has 1 N–H and O–H groups in total. The predicted octanol–water partition coefficient (Wildman–Crippen LogP) is 1.07. The summed E-state index contributed by atoms with van der Waals surface area (Å²) in [6.45, 7) is 4.77. The minimum atomic E-state index is -0.709. The third kappa shape index (κ3) is 2.84. The van der Waals surface area contributed by atoms with E-state index in [-0.39, 0.29) is 5.60 Å². The van der Waals surface area contributed by atoms with Gasteiger partial charge in [-0.25, -0.2) is 0 Å². The van der Waals surface area contributed by atoms with Crippen LogP contribution >= 0.6 is 0 Å². The normalized spacial score (nSPS) is 33.9. The van der Waals surface area contributed by atoms with Gasteiger partial charge in [0.2, 0.25) is 0 Å². The molecule has 2 atom stereocenters. The average Bonchev–Trinajstić information content (AvgIpc) is 2.63. The SMILES string of the molecule is CCC1(C)CC(O)(Cc2cn(C)nn2)CCO1. The van der Waals surface area contributed by atoms with Crippen LogP contribution in [0.5, 0.6) is 0 Å². The zero-order valence-corrected chi connectivity index (χ0v) is 10.8. The highest BCUT2D eigenvalue weighted by Crippen LogP contribution is 2.36. The van der Waals surface area contributed by atoms with Gasteiger partial charge in [-0.15, -0.1) is 5.10 Å². The maximum absolute atomic E-state index is 10.6. The molecule has 1 fully saturated rings. The van der Waals surface area contributed by atoms with E-state index in [0.717, 1.165) is 12.1 Å². The van der Waals surface area contributed by atoms with E-state index in [4.69, 9.17) is 4.74 Å². The molecule has 1 saturated heterocycles. The van der Waals surface area contributed by atoms with Crippen molar-refractivity contribution >= 4 is 0 Å². The first-order valence-electron chi connectivity index (χ1n) is 6.16. The van der Waals surface area contributed by atoms with Crippen molar-refractivity contribution in [2.24, 2.45) is 7.05 Å². The van der Waals surface area contributed by atoms with Gasteiger partial charge in [-0.1, -0.05) is 12.1 Å². The summed E-state index contributed by atoms with van der Waals surface area (Å²) in [5.74, 6) is 0. The topological polar surface area (TPSA) is 60.2 Å². The molecule has 0 aromatic carbocycles. The summed E-state index contributed by atoms with van der Waals surface area (Å²) in [6, 6.07) is 0. The fourth-order valence-corrected chi connectivity index (χ4v) is 2.51. The van der Waals surface area contributed by atoms with Gasteiger partial charge in [-0.3, -0.25) is 4.68 Å². The maximum atomic E-state index is 10.6. The molecule has 1 aliphatic heterocycles. The van der Waals surface area contributed by atoms with Gasteiger partial charge in [0.1, 0.15) is 0 Å². The summed E-state index contributed by atoms with van der Waals surface area (Å²) in [6.07, 6.45) is 4.65. The molecular formula is C12H21N3O2. The summed E-state index contributed by atoms with van der Waals surface area (Å²) in [5.41, 5.74) is -0.0794. The number of nitrogens with zero attached hydrogens (tertiary/aromatic N) is 3. The number of hydrogen-bond donors (Lipinski definition) is 1. The van der Waals surface area contributed by atoms with Crippen LogP contribution in [-0.4, -0.2) is 37.9 Å². The van der Waals surface area contributed by atoms with Gasteiger partial charge < -0.3 is 9.84 Å². The molecule has 96 valence electrons. The number of hydrogen-bond acceptors (Lipinski definition) is 4. The highest BCUT2D eigenvalue weighted by Gasteiger charge is 2.41. The van der Waals surface area contributed by atoms with Crippen molar-refractivity contribution in [3.05, 3.63) is 11.9 Å². The van der Waals surface area contributed by atoms with Crippen LogP contribution in [-0.2, 0) is 18.2 Å². The quantitative estimate of drug-likeness (QED) is 0.857. The zero-order chi connectivity index (χ0) is 12.5. The van der Waals surface area contributed by atoms with Crippen molar-refractivity contribution in [3.63, 3.8) is 0 Å². The van der Waals surface area contributed by atoms with E-state index in [0.29, 0.717) is 25.9 Å². The first-order valence-corrected chi connectivity index (χ1v) is 6.16.